The Morgan fingerprint density at radius 2 is 2.46 bits per heavy atom. The average Bonchev–Trinajstić information content (AvgIpc) is 2.19. The minimum Gasteiger partial charge on any atom is -0.467 e. The molecule has 0 radical (unpaired) electrons. The minimum atomic E-state index is -2.93. The fourth-order valence-electron chi connectivity index (χ4n) is 0.714. The first kappa shape index (κ1) is 5.24. The van der Waals surface area contributed by atoms with Gasteiger partial charge in [0.2, 0.25) is 5.91 Å². The SMILES string of the molecule is [2H]C([2H])([2H])OC(=O)[C@H](CCSC)NC(=O)C([2H])([2H])[2H]. The molecule has 0 fully saturated rings. The fourth-order valence-corrected chi connectivity index (χ4v) is 1.19. The highest BCUT2D eigenvalue weighted by Crippen LogP contribution is 2.02. The van der Waals surface area contributed by atoms with Crippen molar-refractivity contribution >= 4 is 23.6 Å². The van der Waals surface area contributed by atoms with Gasteiger partial charge >= 0.3 is 5.97 Å². The van der Waals surface area contributed by atoms with Crippen LogP contribution in [0.2, 0.25) is 0 Å². The number of nitrogens with one attached hydrogen (secondary N) is 1. The van der Waals surface area contributed by atoms with Crippen molar-refractivity contribution in [2.45, 2.75) is 19.3 Å². The quantitative estimate of drug-likeness (QED) is 0.670. The lowest BCUT2D eigenvalue weighted by Gasteiger charge is -2.14. The highest BCUT2D eigenvalue weighted by molar-refractivity contribution is 7.98. The Morgan fingerprint density at radius 1 is 1.69 bits per heavy atom. The maximum absolute atomic E-state index is 11.5. The molecule has 5 heteroatoms. The Balaban J connectivity index is 4.72. The first-order valence-corrected chi connectivity index (χ1v) is 4.89. The summed E-state index contributed by atoms with van der Waals surface area (Å²) < 4.78 is 45.2. The lowest BCUT2D eigenvalue weighted by atomic mass is 10.2. The highest BCUT2D eigenvalue weighted by Gasteiger charge is 2.18. The van der Waals surface area contributed by atoms with Crippen molar-refractivity contribution in [1.29, 1.82) is 0 Å². The first-order valence-electron chi connectivity index (χ1n) is 6.50. The minimum absolute atomic E-state index is 0.0812. The number of thioether (sulfide) groups is 1. The van der Waals surface area contributed by atoms with Gasteiger partial charge in [0.25, 0.3) is 0 Å². The molecule has 0 aliphatic heterocycles. The van der Waals surface area contributed by atoms with Gasteiger partial charge in [0, 0.05) is 11.0 Å². The fraction of sp³-hybridized carbons (Fsp3) is 0.750. The molecule has 1 amide bonds. The van der Waals surface area contributed by atoms with Gasteiger partial charge in [0.05, 0.1) is 11.2 Å². The Labute approximate surface area is 90.8 Å². The number of ether oxygens (including phenoxy) is 1. The maximum Gasteiger partial charge on any atom is 0.328 e. The molecular weight excluding hydrogens is 190 g/mol. The summed E-state index contributed by atoms with van der Waals surface area (Å²) in [7, 11) is -2.93. The van der Waals surface area contributed by atoms with E-state index in [0.29, 0.717) is 5.75 Å². The number of rotatable bonds is 5. The van der Waals surface area contributed by atoms with Gasteiger partial charge in [0.1, 0.15) is 6.04 Å². The molecule has 0 heterocycles. The summed E-state index contributed by atoms with van der Waals surface area (Å²) >= 11 is 1.36. The van der Waals surface area contributed by atoms with Crippen molar-refractivity contribution in [3.63, 3.8) is 0 Å². The number of esters is 1. The summed E-state index contributed by atoms with van der Waals surface area (Å²) in [6, 6.07) is -1.29. The van der Waals surface area contributed by atoms with Crippen LogP contribution < -0.4 is 5.32 Å². The van der Waals surface area contributed by atoms with E-state index in [1.807, 2.05) is 5.32 Å². The van der Waals surface area contributed by atoms with E-state index in [4.69, 9.17) is 8.22 Å². The van der Waals surface area contributed by atoms with Gasteiger partial charge in [-0.1, -0.05) is 0 Å². The van der Waals surface area contributed by atoms with Crippen LogP contribution in [-0.4, -0.2) is 37.0 Å². The number of methoxy groups -OCH3 is 1. The third-order valence-electron chi connectivity index (χ3n) is 1.30. The smallest absolute Gasteiger partial charge is 0.328 e. The zero-order valence-corrected chi connectivity index (χ0v) is 7.94. The van der Waals surface area contributed by atoms with E-state index in [0.717, 1.165) is 0 Å². The summed E-state index contributed by atoms with van der Waals surface area (Å²) in [5.41, 5.74) is 0. The van der Waals surface area contributed by atoms with E-state index in [1.54, 1.807) is 6.26 Å². The van der Waals surface area contributed by atoms with Gasteiger partial charge < -0.3 is 10.1 Å². The molecule has 4 nitrogen and oxygen atoms in total. The summed E-state index contributed by atoms with van der Waals surface area (Å²) in [4.78, 5) is 22.8. The van der Waals surface area contributed by atoms with Gasteiger partial charge in [0.15, 0.2) is 0 Å². The van der Waals surface area contributed by atoms with E-state index in [1.165, 1.54) is 11.8 Å². The largest absolute Gasteiger partial charge is 0.467 e. The predicted molar refractivity (Wildman–Crippen MR) is 52.6 cm³/mol. The van der Waals surface area contributed by atoms with Crippen molar-refractivity contribution in [2.75, 3.05) is 19.0 Å². The van der Waals surface area contributed by atoms with Crippen LogP contribution in [0.4, 0.5) is 0 Å². The molecule has 0 spiro atoms. The molecule has 0 bridgehead atoms. The summed E-state index contributed by atoms with van der Waals surface area (Å²) in [6.07, 6.45) is 1.83. The standard InChI is InChI=1S/C8H15NO3S/c1-6(10)9-7(4-5-13-3)8(11)12-2/h7H,4-5H2,1-3H3,(H,9,10)/t7-/m0/s1/i1D3,2D3. The van der Waals surface area contributed by atoms with E-state index in [-0.39, 0.29) is 6.42 Å². The topological polar surface area (TPSA) is 55.4 Å². The van der Waals surface area contributed by atoms with E-state index >= 15 is 0 Å². The zero-order valence-electron chi connectivity index (χ0n) is 13.1. The molecule has 1 N–H and O–H groups in total. The van der Waals surface area contributed by atoms with Crippen LogP contribution in [0.1, 0.15) is 21.5 Å². The maximum atomic E-state index is 11.5. The summed E-state index contributed by atoms with van der Waals surface area (Å²) in [5.74, 6) is -2.06. The molecule has 76 valence electrons. The van der Waals surface area contributed by atoms with Crippen molar-refractivity contribution < 1.29 is 22.6 Å². The van der Waals surface area contributed by atoms with Crippen molar-refractivity contribution in [3.8, 4) is 0 Å². The first-order chi connectivity index (χ1) is 8.47. The summed E-state index contributed by atoms with van der Waals surface area (Å²) in [5, 5.41) is 1.97. The molecule has 0 saturated carbocycles. The van der Waals surface area contributed by atoms with Crippen LogP contribution in [0.25, 0.3) is 0 Å². The lowest BCUT2D eigenvalue weighted by molar-refractivity contribution is -0.144. The molecule has 0 aromatic rings. The van der Waals surface area contributed by atoms with Crippen LogP contribution in [0.3, 0.4) is 0 Å². The predicted octanol–water partition coefficient (Wildman–Crippen LogP) is 0.417. The van der Waals surface area contributed by atoms with E-state index in [2.05, 4.69) is 4.74 Å². The van der Waals surface area contributed by atoms with Crippen molar-refractivity contribution in [3.05, 3.63) is 0 Å². The molecule has 0 saturated heterocycles. The molecule has 0 unspecified atom stereocenters. The second kappa shape index (κ2) is 6.77. The average molecular weight is 211 g/mol. The van der Waals surface area contributed by atoms with E-state index < -0.39 is 31.8 Å². The van der Waals surface area contributed by atoms with Gasteiger partial charge in [-0.3, -0.25) is 4.79 Å². The molecule has 0 rings (SSSR count). The van der Waals surface area contributed by atoms with Gasteiger partial charge in [-0.05, 0) is 18.4 Å². The Kier molecular flexibility index (Phi) is 2.73. The van der Waals surface area contributed by atoms with Gasteiger partial charge in [-0.25, -0.2) is 4.79 Å². The molecule has 0 aromatic carbocycles. The van der Waals surface area contributed by atoms with E-state index in [9.17, 15) is 9.59 Å². The number of carbonyl (C=O) groups excluding carboxylic acids is 2. The third-order valence-corrected chi connectivity index (χ3v) is 1.95. The number of hydrogen-bond donors (Lipinski definition) is 1. The van der Waals surface area contributed by atoms with Crippen LogP contribution in [0.5, 0.6) is 0 Å². The van der Waals surface area contributed by atoms with Crippen molar-refractivity contribution in [1.82, 2.24) is 5.32 Å². The van der Waals surface area contributed by atoms with Crippen molar-refractivity contribution in [2.24, 2.45) is 0 Å². The number of carbonyl (C=O) groups is 2. The van der Waals surface area contributed by atoms with Crippen LogP contribution in [-0.2, 0) is 14.3 Å². The normalized spacial score (nSPS) is 20.7. The van der Waals surface area contributed by atoms with Gasteiger partial charge in [-0.15, -0.1) is 0 Å². The highest BCUT2D eigenvalue weighted by atomic mass is 32.2. The van der Waals surface area contributed by atoms with Crippen LogP contribution in [0.15, 0.2) is 0 Å². The Morgan fingerprint density at radius 3 is 3.00 bits per heavy atom. The lowest BCUT2D eigenvalue weighted by Crippen LogP contribution is -2.40. The molecule has 0 aliphatic rings. The summed E-state index contributed by atoms with van der Waals surface area (Å²) in [6.45, 7) is -2.90. The zero-order chi connectivity index (χ0) is 15.3. The second-order valence-electron chi connectivity index (χ2n) is 2.23. The third kappa shape index (κ3) is 5.52. The molecule has 13 heavy (non-hydrogen) atoms. The number of amides is 1. The molecule has 1 atom stereocenters. The monoisotopic (exact) mass is 211 g/mol. The second-order valence-corrected chi connectivity index (χ2v) is 3.21. The molecule has 0 aromatic heterocycles. The van der Waals surface area contributed by atoms with Crippen LogP contribution >= 0.6 is 11.8 Å². The Bertz CT molecular complexity index is 329. The Hall–Kier alpha value is -0.710. The van der Waals surface area contributed by atoms with Gasteiger partial charge in [-0.2, -0.15) is 11.8 Å². The molecule has 0 aliphatic carbocycles. The molecular formula is C8H15NO3S. The van der Waals surface area contributed by atoms with Crippen LogP contribution in [0, 0.1) is 0 Å². The number of hydrogen-bond acceptors (Lipinski definition) is 4.